The fraction of sp³-hybridized carbons (Fsp3) is 0.533. The standard InChI is InChI=1S/C15H18F3N3O/c16-15(17,18)11-2-1-3-12(6-11)20-14(22)21-8-10-4-5-13(9-21)19-7-10/h1-3,6,10,13,19H,4-5,7-9H2,(H,20,22)/t10-,13-/m0/s1. The fourth-order valence-corrected chi connectivity index (χ4v) is 3.08. The second-order valence-electron chi connectivity index (χ2n) is 5.96. The quantitative estimate of drug-likeness (QED) is 0.837. The Hall–Kier alpha value is -1.76. The maximum Gasteiger partial charge on any atom is 0.416 e. The van der Waals surface area contributed by atoms with Gasteiger partial charge < -0.3 is 15.5 Å². The molecule has 0 saturated carbocycles. The zero-order valence-electron chi connectivity index (χ0n) is 12.0. The van der Waals surface area contributed by atoms with Gasteiger partial charge in [-0.15, -0.1) is 0 Å². The largest absolute Gasteiger partial charge is 0.416 e. The zero-order chi connectivity index (χ0) is 15.7. The summed E-state index contributed by atoms with van der Waals surface area (Å²) in [5, 5.41) is 5.97. The van der Waals surface area contributed by atoms with E-state index in [9.17, 15) is 18.0 Å². The molecule has 3 aliphatic rings. The van der Waals surface area contributed by atoms with Gasteiger partial charge in [0, 0.05) is 24.8 Å². The van der Waals surface area contributed by atoms with E-state index in [2.05, 4.69) is 10.6 Å². The van der Waals surface area contributed by atoms with Crippen molar-refractivity contribution in [3.8, 4) is 0 Å². The third-order valence-electron chi connectivity index (χ3n) is 4.27. The molecule has 4 nitrogen and oxygen atoms in total. The molecule has 0 aliphatic carbocycles. The number of alkyl halides is 3. The lowest BCUT2D eigenvalue weighted by Crippen LogP contribution is -2.42. The molecule has 1 aromatic rings. The summed E-state index contributed by atoms with van der Waals surface area (Å²) < 4.78 is 38.1. The number of hydrogen-bond acceptors (Lipinski definition) is 2. The molecule has 3 fully saturated rings. The molecule has 0 unspecified atom stereocenters. The molecule has 0 radical (unpaired) electrons. The Morgan fingerprint density at radius 2 is 2.09 bits per heavy atom. The number of nitrogens with one attached hydrogen (secondary N) is 2. The van der Waals surface area contributed by atoms with E-state index >= 15 is 0 Å². The number of benzene rings is 1. The van der Waals surface area contributed by atoms with Crippen LogP contribution in [0.25, 0.3) is 0 Å². The molecule has 7 heteroatoms. The number of piperidine rings is 1. The van der Waals surface area contributed by atoms with Crippen molar-refractivity contribution >= 4 is 11.7 Å². The topological polar surface area (TPSA) is 44.4 Å². The van der Waals surface area contributed by atoms with Crippen LogP contribution in [0.15, 0.2) is 24.3 Å². The molecule has 2 atom stereocenters. The molecule has 0 aromatic heterocycles. The predicted octanol–water partition coefficient (Wildman–Crippen LogP) is 2.92. The highest BCUT2D eigenvalue weighted by atomic mass is 19.4. The minimum absolute atomic E-state index is 0.171. The van der Waals surface area contributed by atoms with Crippen LogP contribution in [-0.4, -0.2) is 36.6 Å². The minimum Gasteiger partial charge on any atom is -0.323 e. The van der Waals surface area contributed by atoms with E-state index in [4.69, 9.17) is 0 Å². The molecule has 3 aliphatic heterocycles. The lowest BCUT2D eigenvalue weighted by molar-refractivity contribution is -0.137. The molecule has 4 rings (SSSR count). The Morgan fingerprint density at radius 3 is 2.77 bits per heavy atom. The van der Waals surface area contributed by atoms with Gasteiger partial charge in [0.2, 0.25) is 0 Å². The average molecular weight is 313 g/mol. The number of urea groups is 1. The number of nitrogens with zero attached hydrogens (tertiary/aromatic N) is 1. The number of halogens is 3. The third kappa shape index (κ3) is 3.35. The Kier molecular flexibility index (Phi) is 3.99. The second kappa shape index (κ2) is 5.79. The first-order valence-corrected chi connectivity index (χ1v) is 7.38. The molecule has 3 heterocycles. The smallest absolute Gasteiger partial charge is 0.323 e. The van der Waals surface area contributed by atoms with E-state index in [1.165, 1.54) is 12.1 Å². The van der Waals surface area contributed by atoms with Crippen molar-refractivity contribution in [2.24, 2.45) is 5.92 Å². The van der Waals surface area contributed by atoms with Gasteiger partial charge in [0.15, 0.2) is 0 Å². The van der Waals surface area contributed by atoms with E-state index in [0.29, 0.717) is 19.0 Å². The Balaban J connectivity index is 1.69. The lowest BCUT2D eigenvalue weighted by Gasteiger charge is -2.23. The summed E-state index contributed by atoms with van der Waals surface area (Å²) in [6.07, 6.45) is -2.28. The SMILES string of the molecule is O=C(Nc1cccc(C(F)(F)F)c1)N1C[C@H]2CC[C@@H](C1)NC2. The van der Waals surface area contributed by atoms with Crippen LogP contribution in [0, 0.1) is 5.92 Å². The minimum atomic E-state index is -4.41. The van der Waals surface area contributed by atoms with Gasteiger partial charge in [-0.2, -0.15) is 13.2 Å². The molecule has 2 amide bonds. The van der Waals surface area contributed by atoms with Crippen LogP contribution in [0.3, 0.4) is 0 Å². The van der Waals surface area contributed by atoms with Gasteiger partial charge in [-0.1, -0.05) is 6.07 Å². The van der Waals surface area contributed by atoms with Gasteiger partial charge in [0.05, 0.1) is 5.56 Å². The van der Waals surface area contributed by atoms with Crippen molar-refractivity contribution in [3.05, 3.63) is 29.8 Å². The van der Waals surface area contributed by atoms with Crippen molar-refractivity contribution < 1.29 is 18.0 Å². The van der Waals surface area contributed by atoms with E-state index in [1.54, 1.807) is 4.90 Å². The summed E-state index contributed by atoms with van der Waals surface area (Å²) in [7, 11) is 0. The Morgan fingerprint density at radius 1 is 1.27 bits per heavy atom. The van der Waals surface area contributed by atoms with Gasteiger partial charge >= 0.3 is 12.2 Å². The van der Waals surface area contributed by atoms with Crippen LogP contribution in [-0.2, 0) is 6.18 Å². The van der Waals surface area contributed by atoms with Crippen LogP contribution in [0.5, 0.6) is 0 Å². The average Bonchev–Trinajstić information content (AvgIpc) is 2.80. The zero-order valence-corrected chi connectivity index (χ0v) is 12.0. The van der Waals surface area contributed by atoms with E-state index in [1.807, 2.05) is 0 Å². The van der Waals surface area contributed by atoms with Crippen LogP contribution in [0.2, 0.25) is 0 Å². The molecule has 2 N–H and O–H groups in total. The number of amides is 2. The summed E-state index contributed by atoms with van der Waals surface area (Å²) in [5.74, 6) is 0.422. The number of rotatable bonds is 1. The van der Waals surface area contributed by atoms with Crippen molar-refractivity contribution in [3.63, 3.8) is 0 Å². The first-order chi connectivity index (χ1) is 10.4. The highest BCUT2D eigenvalue weighted by molar-refractivity contribution is 5.89. The predicted molar refractivity (Wildman–Crippen MR) is 76.6 cm³/mol. The number of carbonyl (C=O) groups excluding carboxylic acids is 1. The van der Waals surface area contributed by atoms with Crippen molar-refractivity contribution in [2.45, 2.75) is 25.1 Å². The summed E-state index contributed by atoms with van der Waals surface area (Å²) in [6, 6.07) is 4.67. The molecule has 3 saturated heterocycles. The van der Waals surface area contributed by atoms with Gasteiger partial charge in [0.1, 0.15) is 0 Å². The van der Waals surface area contributed by atoms with Crippen LogP contribution < -0.4 is 10.6 Å². The van der Waals surface area contributed by atoms with Crippen LogP contribution in [0.1, 0.15) is 18.4 Å². The summed E-state index contributed by atoms with van der Waals surface area (Å²) in [5.41, 5.74) is -0.590. The number of anilines is 1. The molecule has 2 bridgehead atoms. The third-order valence-corrected chi connectivity index (χ3v) is 4.27. The van der Waals surface area contributed by atoms with E-state index < -0.39 is 11.7 Å². The maximum atomic E-state index is 12.7. The molecule has 1 aromatic carbocycles. The summed E-state index contributed by atoms with van der Waals surface area (Å²) >= 11 is 0. The van der Waals surface area contributed by atoms with Gasteiger partial charge in [-0.3, -0.25) is 0 Å². The van der Waals surface area contributed by atoms with Crippen LogP contribution in [0.4, 0.5) is 23.7 Å². The monoisotopic (exact) mass is 313 g/mol. The van der Waals surface area contributed by atoms with E-state index in [0.717, 1.165) is 31.5 Å². The first kappa shape index (κ1) is 15.1. The maximum absolute atomic E-state index is 12.7. The number of fused-ring (bicyclic) bond motifs is 4. The highest BCUT2D eigenvalue weighted by Crippen LogP contribution is 2.31. The van der Waals surface area contributed by atoms with Crippen LogP contribution >= 0.6 is 0 Å². The van der Waals surface area contributed by atoms with Gasteiger partial charge in [0.25, 0.3) is 0 Å². The second-order valence-corrected chi connectivity index (χ2v) is 5.96. The van der Waals surface area contributed by atoms with Crippen molar-refractivity contribution in [2.75, 3.05) is 25.0 Å². The number of carbonyl (C=O) groups is 1. The first-order valence-electron chi connectivity index (χ1n) is 7.38. The van der Waals surface area contributed by atoms with Crippen molar-refractivity contribution in [1.82, 2.24) is 10.2 Å². The Labute approximate surface area is 126 Å². The summed E-state index contributed by atoms with van der Waals surface area (Å²) in [6.45, 7) is 2.15. The Bertz CT molecular complexity index is 539. The highest BCUT2D eigenvalue weighted by Gasteiger charge is 2.32. The lowest BCUT2D eigenvalue weighted by atomic mass is 9.97. The molecular formula is C15H18F3N3O. The molecular weight excluding hydrogens is 295 g/mol. The van der Waals surface area contributed by atoms with Gasteiger partial charge in [-0.25, -0.2) is 4.79 Å². The molecule has 22 heavy (non-hydrogen) atoms. The fourth-order valence-electron chi connectivity index (χ4n) is 3.08. The molecule has 0 spiro atoms. The van der Waals surface area contributed by atoms with E-state index in [-0.39, 0.29) is 17.8 Å². The normalized spacial score (nSPS) is 25.0. The van der Waals surface area contributed by atoms with Crippen molar-refractivity contribution in [1.29, 1.82) is 0 Å². The molecule has 120 valence electrons. The number of hydrogen-bond donors (Lipinski definition) is 2. The summed E-state index contributed by atoms with van der Waals surface area (Å²) in [4.78, 5) is 14.0. The van der Waals surface area contributed by atoms with Gasteiger partial charge in [-0.05, 0) is 43.5 Å².